The molecule has 1 rings (SSSR count). The molecule has 0 fully saturated rings. The van der Waals surface area contributed by atoms with Crippen LogP contribution in [0.5, 0.6) is 0 Å². The van der Waals surface area contributed by atoms with E-state index in [0.717, 1.165) is 12.2 Å². The van der Waals surface area contributed by atoms with E-state index >= 15 is 0 Å². The van der Waals surface area contributed by atoms with Gasteiger partial charge in [-0.05, 0) is 13.0 Å². The number of rotatable bonds is 5. The van der Waals surface area contributed by atoms with Crippen molar-refractivity contribution in [2.75, 3.05) is 0 Å². The second-order valence-corrected chi connectivity index (χ2v) is 3.63. The van der Waals surface area contributed by atoms with Crippen molar-refractivity contribution in [3.63, 3.8) is 0 Å². The van der Waals surface area contributed by atoms with Gasteiger partial charge in [0.25, 0.3) is 0 Å². The second kappa shape index (κ2) is 6.34. The van der Waals surface area contributed by atoms with Crippen molar-refractivity contribution in [1.29, 1.82) is 0 Å². The molecule has 0 aromatic heterocycles. The van der Waals surface area contributed by atoms with Crippen LogP contribution in [-0.2, 0) is 9.59 Å². The molecule has 0 unspecified atom stereocenters. The van der Waals surface area contributed by atoms with Gasteiger partial charge in [0.15, 0.2) is 5.78 Å². The smallest absolute Gasteiger partial charge is 0.325 e. The molecule has 0 aliphatic rings. The van der Waals surface area contributed by atoms with Gasteiger partial charge in [0.05, 0.1) is 0 Å². The van der Waals surface area contributed by atoms with Crippen molar-refractivity contribution >= 4 is 17.7 Å². The van der Waals surface area contributed by atoms with E-state index in [4.69, 9.17) is 5.11 Å². The lowest BCUT2D eigenvalue weighted by molar-refractivity contribution is -0.140. The van der Waals surface area contributed by atoms with Crippen LogP contribution in [-0.4, -0.2) is 28.8 Å². The number of carbonyl (C=O) groups is 3. The van der Waals surface area contributed by atoms with Crippen LogP contribution < -0.4 is 5.32 Å². The average Bonchev–Trinajstić information content (AvgIpc) is 2.36. The first-order chi connectivity index (χ1) is 8.50. The van der Waals surface area contributed by atoms with Crippen molar-refractivity contribution in [3.8, 4) is 0 Å². The van der Waals surface area contributed by atoms with Gasteiger partial charge in [0, 0.05) is 11.6 Å². The number of carboxylic acid groups (broad SMARTS) is 1. The van der Waals surface area contributed by atoms with Crippen molar-refractivity contribution in [3.05, 3.63) is 48.0 Å². The number of benzene rings is 1. The molecule has 18 heavy (non-hydrogen) atoms. The van der Waals surface area contributed by atoms with Gasteiger partial charge in [-0.2, -0.15) is 0 Å². The van der Waals surface area contributed by atoms with Crippen molar-refractivity contribution in [2.24, 2.45) is 0 Å². The number of carbonyl (C=O) groups excluding carboxylic acids is 2. The number of hydrogen-bond acceptors (Lipinski definition) is 3. The summed E-state index contributed by atoms with van der Waals surface area (Å²) in [7, 11) is 0. The van der Waals surface area contributed by atoms with Gasteiger partial charge >= 0.3 is 5.97 Å². The molecule has 1 aromatic carbocycles. The molecule has 94 valence electrons. The minimum Gasteiger partial charge on any atom is -0.480 e. The summed E-state index contributed by atoms with van der Waals surface area (Å²) >= 11 is 0. The summed E-state index contributed by atoms with van der Waals surface area (Å²) in [5, 5.41) is 10.8. The van der Waals surface area contributed by atoms with Crippen LogP contribution in [0.2, 0.25) is 0 Å². The summed E-state index contributed by atoms with van der Waals surface area (Å²) < 4.78 is 0. The summed E-state index contributed by atoms with van der Waals surface area (Å²) in [5.74, 6) is -2.06. The van der Waals surface area contributed by atoms with E-state index in [-0.39, 0.29) is 5.78 Å². The maximum Gasteiger partial charge on any atom is 0.325 e. The molecule has 0 heterocycles. The Morgan fingerprint density at radius 1 is 1.17 bits per heavy atom. The number of carboxylic acids is 1. The van der Waals surface area contributed by atoms with Gasteiger partial charge in [0.2, 0.25) is 5.91 Å². The zero-order valence-electron chi connectivity index (χ0n) is 9.79. The Morgan fingerprint density at radius 3 is 2.33 bits per heavy atom. The van der Waals surface area contributed by atoms with E-state index < -0.39 is 17.9 Å². The van der Waals surface area contributed by atoms with Gasteiger partial charge in [-0.1, -0.05) is 30.3 Å². The highest BCUT2D eigenvalue weighted by molar-refractivity contribution is 6.07. The van der Waals surface area contributed by atoms with E-state index in [1.807, 2.05) is 0 Å². The highest BCUT2D eigenvalue weighted by Crippen LogP contribution is 2.00. The molecule has 2 N–H and O–H groups in total. The Morgan fingerprint density at radius 2 is 1.78 bits per heavy atom. The van der Waals surface area contributed by atoms with Gasteiger partial charge in [-0.25, -0.2) is 0 Å². The molecule has 0 bridgehead atoms. The lowest BCUT2D eigenvalue weighted by atomic mass is 10.1. The molecule has 0 aliphatic heterocycles. The largest absolute Gasteiger partial charge is 0.480 e. The van der Waals surface area contributed by atoms with Crippen LogP contribution in [0.4, 0.5) is 0 Å². The average molecular weight is 247 g/mol. The highest BCUT2D eigenvalue weighted by Gasteiger charge is 2.12. The fourth-order valence-corrected chi connectivity index (χ4v) is 1.17. The SMILES string of the molecule is C[C@H](NC(=O)C=CC(=O)c1ccccc1)C(=O)O. The standard InChI is InChI=1S/C13H13NO4/c1-9(13(17)18)14-12(16)8-7-11(15)10-5-3-2-4-6-10/h2-9H,1H3,(H,14,16)(H,17,18)/t9-/m0/s1. The Hall–Kier alpha value is -2.43. The third-order valence-corrected chi connectivity index (χ3v) is 2.17. The summed E-state index contributed by atoms with van der Waals surface area (Å²) in [4.78, 5) is 33.4. The van der Waals surface area contributed by atoms with Gasteiger partial charge < -0.3 is 10.4 Å². The molecular formula is C13H13NO4. The monoisotopic (exact) mass is 247 g/mol. The number of allylic oxidation sites excluding steroid dienone is 1. The van der Waals surface area contributed by atoms with E-state index in [2.05, 4.69) is 5.32 Å². The summed E-state index contributed by atoms with van der Waals surface area (Å²) in [6.07, 6.45) is 2.13. The molecule has 0 spiro atoms. The molecule has 1 atom stereocenters. The number of amides is 1. The van der Waals surface area contributed by atoms with Gasteiger partial charge in [0.1, 0.15) is 6.04 Å². The number of hydrogen-bond donors (Lipinski definition) is 2. The number of aliphatic carboxylic acids is 1. The second-order valence-electron chi connectivity index (χ2n) is 3.63. The van der Waals surface area contributed by atoms with Crippen LogP contribution in [0.25, 0.3) is 0 Å². The Labute approximate surface area is 104 Å². The van der Waals surface area contributed by atoms with E-state index in [1.165, 1.54) is 6.92 Å². The predicted molar refractivity (Wildman–Crippen MR) is 65.2 cm³/mol. The predicted octanol–water partition coefficient (Wildman–Crippen LogP) is 1.01. The van der Waals surface area contributed by atoms with E-state index in [0.29, 0.717) is 5.56 Å². The summed E-state index contributed by atoms with van der Waals surface area (Å²) in [5.41, 5.74) is 0.466. The topological polar surface area (TPSA) is 83.5 Å². The van der Waals surface area contributed by atoms with Crippen LogP contribution in [0.15, 0.2) is 42.5 Å². The molecule has 0 saturated carbocycles. The molecule has 1 aromatic rings. The van der Waals surface area contributed by atoms with E-state index in [9.17, 15) is 14.4 Å². The molecule has 5 heteroatoms. The molecule has 0 aliphatic carbocycles. The fraction of sp³-hybridized carbons (Fsp3) is 0.154. The molecule has 0 radical (unpaired) electrons. The zero-order chi connectivity index (χ0) is 13.5. The van der Waals surface area contributed by atoms with Crippen LogP contribution in [0.3, 0.4) is 0 Å². The Balaban J connectivity index is 2.57. The third-order valence-electron chi connectivity index (χ3n) is 2.17. The first-order valence-corrected chi connectivity index (χ1v) is 5.31. The summed E-state index contributed by atoms with van der Waals surface area (Å²) in [6.45, 7) is 1.34. The van der Waals surface area contributed by atoms with Gasteiger partial charge in [-0.3, -0.25) is 14.4 Å². The zero-order valence-corrected chi connectivity index (χ0v) is 9.79. The van der Waals surface area contributed by atoms with Gasteiger partial charge in [-0.15, -0.1) is 0 Å². The highest BCUT2D eigenvalue weighted by atomic mass is 16.4. The minimum atomic E-state index is -1.13. The minimum absolute atomic E-state index is 0.311. The first-order valence-electron chi connectivity index (χ1n) is 5.31. The quantitative estimate of drug-likeness (QED) is 0.601. The fourth-order valence-electron chi connectivity index (χ4n) is 1.17. The van der Waals surface area contributed by atoms with Crippen molar-refractivity contribution in [2.45, 2.75) is 13.0 Å². The van der Waals surface area contributed by atoms with Crippen molar-refractivity contribution in [1.82, 2.24) is 5.32 Å². The van der Waals surface area contributed by atoms with Crippen LogP contribution >= 0.6 is 0 Å². The number of nitrogens with one attached hydrogen (secondary N) is 1. The Bertz CT molecular complexity index is 479. The maximum atomic E-state index is 11.6. The molecular weight excluding hydrogens is 234 g/mol. The van der Waals surface area contributed by atoms with E-state index in [1.54, 1.807) is 30.3 Å². The normalized spacial score (nSPS) is 12.1. The lowest BCUT2D eigenvalue weighted by Gasteiger charge is -2.05. The molecule has 5 nitrogen and oxygen atoms in total. The van der Waals surface area contributed by atoms with Crippen molar-refractivity contribution < 1.29 is 19.5 Å². The van der Waals surface area contributed by atoms with Crippen LogP contribution in [0, 0.1) is 0 Å². The maximum absolute atomic E-state index is 11.6. The first kappa shape index (κ1) is 13.6. The van der Waals surface area contributed by atoms with Crippen LogP contribution in [0.1, 0.15) is 17.3 Å². The molecule has 0 saturated heterocycles. The lowest BCUT2D eigenvalue weighted by Crippen LogP contribution is -2.37. The third kappa shape index (κ3) is 4.21. The number of ketones is 1. The Kier molecular flexibility index (Phi) is 4.80. The molecule has 1 amide bonds. The summed E-state index contributed by atoms with van der Waals surface area (Å²) in [6, 6.07) is 7.48.